The molecule has 0 saturated carbocycles. The van der Waals surface area contributed by atoms with Gasteiger partial charge in [-0.3, -0.25) is 14.9 Å². The van der Waals surface area contributed by atoms with Crippen LogP contribution < -0.4 is 5.32 Å². The van der Waals surface area contributed by atoms with Crippen LogP contribution in [0, 0.1) is 10.1 Å². The fourth-order valence-corrected chi connectivity index (χ4v) is 2.03. The normalized spacial score (nSPS) is 10.1. The first kappa shape index (κ1) is 15.0. The van der Waals surface area contributed by atoms with Crippen LogP contribution in [0.4, 0.5) is 5.69 Å². The van der Waals surface area contributed by atoms with Crippen LogP contribution in [0.25, 0.3) is 0 Å². The average Bonchev–Trinajstić information content (AvgIpc) is 2.53. The predicted molar refractivity (Wildman–Crippen MR) is 80.3 cm³/mol. The molecule has 0 aliphatic rings. The lowest BCUT2D eigenvalue weighted by molar-refractivity contribution is -0.384. The summed E-state index contributed by atoms with van der Waals surface area (Å²) in [5.74, 6) is 0.0971. The Bertz CT molecular complexity index is 673. The molecule has 1 N–H and O–H groups in total. The van der Waals surface area contributed by atoms with Gasteiger partial charge in [-0.2, -0.15) is 0 Å². The van der Waals surface area contributed by atoms with E-state index in [0.29, 0.717) is 17.0 Å². The molecular weight excluding hydrogens is 292 g/mol. The first-order valence-corrected chi connectivity index (χ1v) is 6.80. The van der Waals surface area contributed by atoms with Gasteiger partial charge in [0.25, 0.3) is 11.6 Å². The number of benzene rings is 2. The predicted octanol–water partition coefficient (Wildman–Crippen LogP) is 3.26. The van der Waals surface area contributed by atoms with E-state index in [1.165, 1.54) is 12.1 Å². The number of hydrogen-bond donors (Lipinski definition) is 1. The van der Waals surface area contributed by atoms with Gasteiger partial charge >= 0.3 is 0 Å². The zero-order chi connectivity index (χ0) is 15.2. The van der Waals surface area contributed by atoms with Crippen molar-refractivity contribution >= 4 is 23.2 Å². The van der Waals surface area contributed by atoms with Gasteiger partial charge < -0.3 is 5.32 Å². The van der Waals surface area contributed by atoms with E-state index in [2.05, 4.69) is 5.32 Å². The highest BCUT2D eigenvalue weighted by molar-refractivity contribution is 6.17. The molecule has 5 nitrogen and oxygen atoms in total. The zero-order valence-electron chi connectivity index (χ0n) is 11.1. The van der Waals surface area contributed by atoms with Crippen molar-refractivity contribution in [3.05, 3.63) is 75.3 Å². The number of nitro benzene ring substituents is 1. The number of carbonyl (C=O) groups is 1. The molecule has 1 amide bonds. The molecule has 0 saturated heterocycles. The van der Waals surface area contributed by atoms with Gasteiger partial charge in [-0.25, -0.2) is 0 Å². The Labute approximate surface area is 126 Å². The van der Waals surface area contributed by atoms with Crippen molar-refractivity contribution in [2.75, 3.05) is 0 Å². The van der Waals surface area contributed by atoms with Gasteiger partial charge in [-0.15, -0.1) is 11.6 Å². The van der Waals surface area contributed by atoms with Crippen molar-refractivity contribution in [3.63, 3.8) is 0 Å². The van der Waals surface area contributed by atoms with Gasteiger partial charge in [-0.1, -0.05) is 24.3 Å². The molecule has 0 spiro atoms. The second kappa shape index (κ2) is 6.85. The number of hydrogen-bond acceptors (Lipinski definition) is 3. The van der Waals surface area contributed by atoms with E-state index in [1.807, 2.05) is 6.07 Å². The van der Waals surface area contributed by atoms with Gasteiger partial charge in [0.1, 0.15) is 0 Å². The number of carbonyl (C=O) groups excluding carboxylic acids is 1. The Morgan fingerprint density at radius 3 is 2.57 bits per heavy atom. The van der Waals surface area contributed by atoms with Crippen LogP contribution in [0.15, 0.2) is 48.5 Å². The van der Waals surface area contributed by atoms with Crippen LogP contribution in [0.5, 0.6) is 0 Å². The van der Waals surface area contributed by atoms with E-state index in [4.69, 9.17) is 11.6 Å². The molecule has 0 aromatic heterocycles. The maximum absolute atomic E-state index is 12.0. The summed E-state index contributed by atoms with van der Waals surface area (Å²) in [6, 6.07) is 13.2. The molecule has 108 valence electrons. The topological polar surface area (TPSA) is 72.2 Å². The molecule has 0 bridgehead atoms. The number of halogens is 1. The third kappa shape index (κ3) is 4.03. The van der Waals surface area contributed by atoms with Crippen LogP contribution in [-0.4, -0.2) is 10.8 Å². The van der Waals surface area contributed by atoms with Gasteiger partial charge in [0.15, 0.2) is 0 Å². The lowest BCUT2D eigenvalue weighted by Crippen LogP contribution is -2.22. The van der Waals surface area contributed by atoms with Crippen molar-refractivity contribution < 1.29 is 9.72 Å². The van der Waals surface area contributed by atoms with Crippen molar-refractivity contribution in [3.8, 4) is 0 Å². The first-order chi connectivity index (χ1) is 10.1. The summed E-state index contributed by atoms with van der Waals surface area (Å²) in [4.78, 5) is 22.2. The molecule has 0 fully saturated rings. The number of non-ortho nitro benzene ring substituents is 1. The molecule has 21 heavy (non-hydrogen) atoms. The molecule has 2 aromatic carbocycles. The van der Waals surface area contributed by atoms with E-state index < -0.39 is 4.92 Å². The highest BCUT2D eigenvalue weighted by atomic mass is 35.5. The molecule has 0 aliphatic carbocycles. The number of amides is 1. The third-order valence-corrected chi connectivity index (χ3v) is 3.23. The zero-order valence-corrected chi connectivity index (χ0v) is 11.8. The summed E-state index contributed by atoms with van der Waals surface area (Å²) in [6.45, 7) is 0.228. The van der Waals surface area contributed by atoms with Gasteiger partial charge in [0.05, 0.1) is 4.92 Å². The Balaban J connectivity index is 2.03. The second-order valence-electron chi connectivity index (χ2n) is 4.44. The quantitative estimate of drug-likeness (QED) is 0.523. The number of nitro groups is 1. The molecule has 6 heteroatoms. The minimum absolute atomic E-state index is 0.00545. The van der Waals surface area contributed by atoms with Crippen molar-refractivity contribution in [2.45, 2.75) is 12.4 Å². The monoisotopic (exact) mass is 304 g/mol. The van der Waals surface area contributed by atoms with Crippen LogP contribution in [0.3, 0.4) is 0 Å². The molecule has 2 rings (SSSR count). The number of nitrogens with zero attached hydrogens (tertiary/aromatic N) is 1. The summed E-state index contributed by atoms with van der Waals surface area (Å²) >= 11 is 5.73. The van der Waals surface area contributed by atoms with Crippen molar-refractivity contribution in [1.82, 2.24) is 5.32 Å². The van der Waals surface area contributed by atoms with E-state index in [-0.39, 0.29) is 18.1 Å². The largest absolute Gasteiger partial charge is 0.348 e. The van der Waals surface area contributed by atoms with Gasteiger partial charge in [0, 0.05) is 30.1 Å². The average molecular weight is 305 g/mol. The summed E-state index contributed by atoms with van der Waals surface area (Å²) in [6.07, 6.45) is 0. The summed E-state index contributed by atoms with van der Waals surface area (Å²) in [5.41, 5.74) is 2.05. The summed E-state index contributed by atoms with van der Waals surface area (Å²) < 4.78 is 0. The van der Waals surface area contributed by atoms with Crippen LogP contribution in [-0.2, 0) is 12.4 Å². The molecular formula is C15H13ClN2O3. The van der Waals surface area contributed by atoms with Crippen LogP contribution >= 0.6 is 11.6 Å². The van der Waals surface area contributed by atoms with Crippen LogP contribution in [0.2, 0.25) is 0 Å². The standard InChI is InChI=1S/C15H13ClN2O3/c16-9-11-3-1-5-13(7-11)15(19)17-10-12-4-2-6-14(8-12)18(20)21/h1-8H,9-10H2,(H,17,19). The Morgan fingerprint density at radius 1 is 1.14 bits per heavy atom. The number of rotatable bonds is 5. The molecule has 0 unspecified atom stereocenters. The number of alkyl halides is 1. The Morgan fingerprint density at radius 2 is 1.86 bits per heavy atom. The van der Waals surface area contributed by atoms with Gasteiger partial charge in [-0.05, 0) is 23.3 Å². The molecule has 0 atom stereocenters. The fourth-order valence-electron chi connectivity index (χ4n) is 1.86. The molecule has 0 heterocycles. The smallest absolute Gasteiger partial charge is 0.269 e. The molecule has 0 radical (unpaired) electrons. The SMILES string of the molecule is O=C(NCc1cccc([N+](=O)[O-])c1)c1cccc(CCl)c1. The highest BCUT2D eigenvalue weighted by Crippen LogP contribution is 2.13. The van der Waals surface area contributed by atoms with Crippen molar-refractivity contribution in [1.29, 1.82) is 0 Å². The maximum atomic E-state index is 12.0. The summed E-state index contributed by atoms with van der Waals surface area (Å²) in [5, 5.41) is 13.4. The Hall–Kier alpha value is -2.40. The second-order valence-corrected chi connectivity index (χ2v) is 4.71. The van der Waals surface area contributed by atoms with Crippen molar-refractivity contribution in [2.24, 2.45) is 0 Å². The lowest BCUT2D eigenvalue weighted by Gasteiger charge is -2.06. The minimum atomic E-state index is -0.463. The maximum Gasteiger partial charge on any atom is 0.269 e. The van der Waals surface area contributed by atoms with E-state index in [0.717, 1.165) is 5.56 Å². The Kier molecular flexibility index (Phi) is 4.90. The van der Waals surface area contributed by atoms with Crippen LogP contribution in [0.1, 0.15) is 21.5 Å². The minimum Gasteiger partial charge on any atom is -0.348 e. The summed E-state index contributed by atoms with van der Waals surface area (Å²) in [7, 11) is 0. The highest BCUT2D eigenvalue weighted by Gasteiger charge is 2.08. The van der Waals surface area contributed by atoms with E-state index in [1.54, 1.807) is 30.3 Å². The fraction of sp³-hybridized carbons (Fsp3) is 0.133. The lowest BCUT2D eigenvalue weighted by atomic mass is 10.1. The number of nitrogens with one attached hydrogen (secondary N) is 1. The first-order valence-electron chi connectivity index (χ1n) is 6.26. The van der Waals surface area contributed by atoms with E-state index >= 15 is 0 Å². The third-order valence-electron chi connectivity index (χ3n) is 2.92. The molecule has 2 aromatic rings. The van der Waals surface area contributed by atoms with E-state index in [9.17, 15) is 14.9 Å². The molecule has 0 aliphatic heterocycles. The van der Waals surface area contributed by atoms with Gasteiger partial charge in [0.2, 0.25) is 0 Å².